The first-order valence-corrected chi connectivity index (χ1v) is 21.6. The van der Waals surface area contributed by atoms with Crippen molar-refractivity contribution in [3.8, 4) is 0 Å². The summed E-state index contributed by atoms with van der Waals surface area (Å²) in [6.07, 6.45) is -15.0. The quantitative estimate of drug-likeness (QED) is 0.0330. The van der Waals surface area contributed by atoms with Gasteiger partial charge < -0.3 is 93.9 Å². The van der Waals surface area contributed by atoms with Gasteiger partial charge in [-0.15, -0.1) is 0 Å². The van der Waals surface area contributed by atoms with E-state index in [1.54, 1.807) is 7.11 Å². The molecule has 344 valence electrons. The van der Waals surface area contributed by atoms with Gasteiger partial charge in [0.1, 0.15) is 73.1 Å². The summed E-state index contributed by atoms with van der Waals surface area (Å²) in [5.41, 5.74) is 0. The molecule has 0 aliphatic carbocycles. The molecular weight excluding hydrogens is 813 g/mol. The number of hydrogen-bond donors (Lipinski definition) is 10. The Morgan fingerprint density at radius 3 is 1.32 bits per heavy atom. The Hall–Kier alpha value is -2.00. The maximum Gasteiger partial charge on any atom is 0.325 e. The van der Waals surface area contributed by atoms with E-state index < -0.39 is 130 Å². The average molecular weight is 878 g/mol. The highest BCUT2D eigenvalue weighted by Crippen LogP contribution is 2.36. The third-order valence-corrected chi connectivity index (χ3v) is 10.3. The number of nitrogens with one attached hydrogen (secondary N) is 3. The van der Waals surface area contributed by atoms with Crippen LogP contribution in [0, 0.1) is 0 Å². The first-order valence-electron chi connectivity index (χ1n) is 19.6. The molecule has 0 aromatic heterocycles. The molecule has 0 saturated carbocycles. The second-order valence-electron chi connectivity index (χ2n) is 14.8. The molecule has 3 fully saturated rings. The molecule has 10 N–H and O–H groups in total. The largest absolute Gasteiger partial charge is 0.388 e. The molecule has 24 heteroatoms. The van der Waals surface area contributed by atoms with Gasteiger partial charge in [0.2, 0.25) is 17.7 Å². The first kappa shape index (κ1) is 51.4. The summed E-state index contributed by atoms with van der Waals surface area (Å²) in [6, 6.07) is -3.86. The van der Waals surface area contributed by atoms with Gasteiger partial charge in [-0.05, 0) is 32.1 Å². The highest BCUT2D eigenvalue weighted by Gasteiger charge is 2.50. The minimum absolute atomic E-state index is 0.0515. The van der Waals surface area contributed by atoms with Crippen molar-refractivity contribution in [2.45, 2.75) is 145 Å². The molecular formula is C35H64N3O20P. The number of aliphatic hydroxyl groups excluding tert-OH is 6. The number of hydrogen-bond acceptors (Lipinski definition) is 19. The highest BCUT2D eigenvalue weighted by atomic mass is 31.2. The van der Waals surface area contributed by atoms with Crippen molar-refractivity contribution in [3.05, 3.63) is 0 Å². The van der Waals surface area contributed by atoms with Crippen LogP contribution in [0.1, 0.15) is 52.9 Å². The smallest absolute Gasteiger partial charge is 0.325 e. The summed E-state index contributed by atoms with van der Waals surface area (Å²) in [5, 5.41) is 73.4. The summed E-state index contributed by atoms with van der Waals surface area (Å²) in [6.45, 7) is 4.36. The van der Waals surface area contributed by atoms with Gasteiger partial charge in [-0.25, -0.2) is 0 Å². The average Bonchev–Trinajstić information content (AvgIpc) is 3.15. The molecule has 0 aromatic rings. The first-order chi connectivity index (χ1) is 27.8. The Kier molecular flexibility index (Phi) is 21.9. The number of carbonyl (C=O) groups is 3. The second kappa shape index (κ2) is 25.2. The molecule has 3 amide bonds. The summed E-state index contributed by atoms with van der Waals surface area (Å²) < 4.78 is 62.2. The van der Waals surface area contributed by atoms with Crippen LogP contribution in [-0.4, -0.2) is 205 Å². The summed E-state index contributed by atoms with van der Waals surface area (Å²) in [5.74, 6) is -1.74. The van der Waals surface area contributed by atoms with E-state index in [-0.39, 0.29) is 19.8 Å². The van der Waals surface area contributed by atoms with Crippen LogP contribution in [-0.2, 0) is 61.4 Å². The van der Waals surface area contributed by atoms with E-state index >= 15 is 0 Å². The molecule has 0 bridgehead atoms. The molecule has 0 spiro atoms. The van der Waals surface area contributed by atoms with Crippen LogP contribution in [0.2, 0.25) is 0 Å². The fourth-order valence-electron chi connectivity index (χ4n) is 6.64. The maximum absolute atomic E-state index is 12.1. The molecule has 3 heterocycles. The third-order valence-electron chi connectivity index (χ3n) is 9.63. The molecule has 23 nitrogen and oxygen atoms in total. The lowest BCUT2D eigenvalue weighted by Crippen LogP contribution is -2.67. The van der Waals surface area contributed by atoms with E-state index in [1.807, 2.05) is 0 Å². The number of rotatable bonds is 24. The van der Waals surface area contributed by atoms with E-state index in [4.69, 9.17) is 42.4 Å². The zero-order chi connectivity index (χ0) is 43.9. The lowest BCUT2D eigenvalue weighted by molar-refractivity contribution is -0.316. The van der Waals surface area contributed by atoms with E-state index in [9.17, 15) is 54.5 Å². The zero-order valence-electron chi connectivity index (χ0n) is 34.0. The SMILES string of the molecule is COCCCCOCC1OC(OCC2OC(OCC3OC(OCCCCCOP(C)(=O)O)C(NC(C)=O)C(O)C3O)C(NC(C)=O)C(O)C2O)C(NC(C)=O)C(O)C1O. The Morgan fingerprint density at radius 2 is 0.915 bits per heavy atom. The van der Waals surface area contributed by atoms with Crippen molar-refractivity contribution >= 4 is 25.3 Å². The van der Waals surface area contributed by atoms with Crippen molar-refractivity contribution in [1.29, 1.82) is 0 Å². The van der Waals surface area contributed by atoms with Crippen LogP contribution in [0.4, 0.5) is 0 Å². The van der Waals surface area contributed by atoms with Crippen molar-refractivity contribution in [1.82, 2.24) is 16.0 Å². The van der Waals surface area contributed by atoms with Gasteiger partial charge in [0.05, 0.1) is 26.4 Å². The highest BCUT2D eigenvalue weighted by molar-refractivity contribution is 7.51. The van der Waals surface area contributed by atoms with Crippen LogP contribution in [0.15, 0.2) is 0 Å². The Balaban J connectivity index is 1.70. The molecule has 0 radical (unpaired) electrons. The Morgan fingerprint density at radius 1 is 0.542 bits per heavy atom. The van der Waals surface area contributed by atoms with Gasteiger partial charge in [-0.2, -0.15) is 0 Å². The van der Waals surface area contributed by atoms with E-state index in [0.717, 1.165) is 20.0 Å². The molecule has 16 unspecified atom stereocenters. The number of amides is 3. The monoisotopic (exact) mass is 877 g/mol. The zero-order valence-corrected chi connectivity index (χ0v) is 34.9. The summed E-state index contributed by atoms with van der Waals surface area (Å²) in [7, 11) is -2.03. The topological polar surface area (TPSA) is 329 Å². The van der Waals surface area contributed by atoms with Gasteiger partial charge in [-0.3, -0.25) is 18.9 Å². The van der Waals surface area contributed by atoms with Gasteiger partial charge in [0.15, 0.2) is 18.9 Å². The number of ether oxygens (including phenoxy) is 8. The van der Waals surface area contributed by atoms with Crippen molar-refractivity contribution in [2.24, 2.45) is 0 Å². The van der Waals surface area contributed by atoms with Gasteiger partial charge in [0, 0.05) is 54.4 Å². The van der Waals surface area contributed by atoms with Crippen LogP contribution < -0.4 is 16.0 Å². The Labute approximate surface area is 342 Å². The van der Waals surface area contributed by atoms with Gasteiger partial charge >= 0.3 is 7.60 Å². The molecule has 3 aliphatic heterocycles. The van der Waals surface area contributed by atoms with E-state index in [2.05, 4.69) is 16.0 Å². The van der Waals surface area contributed by atoms with Crippen molar-refractivity contribution in [2.75, 3.05) is 60.0 Å². The lowest BCUT2D eigenvalue weighted by Gasteiger charge is -2.46. The third kappa shape index (κ3) is 16.7. The molecule has 59 heavy (non-hydrogen) atoms. The Bertz CT molecular complexity index is 1330. The number of unbranched alkanes of at least 4 members (excludes halogenated alkanes) is 3. The van der Waals surface area contributed by atoms with Crippen LogP contribution in [0.3, 0.4) is 0 Å². The summed E-state index contributed by atoms with van der Waals surface area (Å²) in [4.78, 5) is 45.4. The van der Waals surface area contributed by atoms with Gasteiger partial charge in [0.25, 0.3) is 0 Å². The fourth-order valence-corrected chi connectivity index (χ4v) is 7.11. The molecule has 3 saturated heterocycles. The van der Waals surface area contributed by atoms with E-state index in [1.165, 1.54) is 13.8 Å². The molecule has 3 aliphatic rings. The maximum atomic E-state index is 12.1. The number of methoxy groups -OCH3 is 1. The van der Waals surface area contributed by atoms with Crippen LogP contribution >= 0.6 is 7.60 Å². The van der Waals surface area contributed by atoms with Crippen molar-refractivity contribution in [3.63, 3.8) is 0 Å². The van der Waals surface area contributed by atoms with Crippen molar-refractivity contribution < 1.29 is 96.9 Å². The fraction of sp³-hybridized carbons (Fsp3) is 0.914. The standard InChI is InChI=1S/C35H64N3O20P/c1-18(39)36-24-30(45)28(43)22(57-33(24)52-13-7-6-8-14-55-59(5,48)49)16-54-35-26(38-20(3)41)32(47)29(44)23(58-35)17-53-34-25(37-19(2)40)31(46)27(42)21(56-34)15-51-12-10-9-11-50-4/h21-35,42-47H,6-17H2,1-5H3,(H,36,39)(H,37,40)(H,38,41)(H,48,49). The lowest BCUT2D eigenvalue weighted by atomic mass is 9.95. The normalized spacial score (nSPS) is 36.0. The number of carbonyl (C=O) groups excluding carboxylic acids is 3. The number of aliphatic hydroxyl groups is 6. The van der Waals surface area contributed by atoms with Crippen LogP contribution in [0.5, 0.6) is 0 Å². The van der Waals surface area contributed by atoms with E-state index in [0.29, 0.717) is 38.9 Å². The molecule has 0 aromatic carbocycles. The minimum Gasteiger partial charge on any atom is -0.388 e. The minimum atomic E-state index is -3.61. The van der Waals surface area contributed by atoms with Gasteiger partial charge in [-0.1, -0.05) is 0 Å². The predicted octanol–water partition coefficient (Wildman–Crippen LogP) is -3.66. The second-order valence-corrected chi connectivity index (χ2v) is 16.6. The van der Waals surface area contributed by atoms with Crippen LogP contribution in [0.25, 0.3) is 0 Å². The molecule has 3 rings (SSSR count). The summed E-state index contributed by atoms with van der Waals surface area (Å²) >= 11 is 0. The molecule has 16 atom stereocenters. The predicted molar refractivity (Wildman–Crippen MR) is 200 cm³/mol.